The van der Waals surface area contributed by atoms with Crippen LogP contribution in [0.25, 0.3) is 0 Å². The van der Waals surface area contributed by atoms with E-state index >= 15 is 0 Å². The quantitative estimate of drug-likeness (QED) is 0.647. The molecule has 0 saturated heterocycles. The summed E-state index contributed by atoms with van der Waals surface area (Å²) in [5.74, 6) is 1.53. The van der Waals surface area contributed by atoms with E-state index in [-0.39, 0.29) is 5.92 Å². The van der Waals surface area contributed by atoms with Gasteiger partial charge in [-0.05, 0) is 31.6 Å². The van der Waals surface area contributed by atoms with E-state index in [1.165, 1.54) is 32.2 Å². The summed E-state index contributed by atoms with van der Waals surface area (Å²) in [5.41, 5.74) is 0. The Labute approximate surface area is 86.7 Å². The van der Waals surface area contributed by atoms with Gasteiger partial charge in [0.15, 0.2) is 0 Å². The summed E-state index contributed by atoms with van der Waals surface area (Å²) >= 11 is 0. The third-order valence-electron chi connectivity index (χ3n) is 3.26. The van der Waals surface area contributed by atoms with Crippen LogP contribution in [0.3, 0.4) is 0 Å². The average Bonchev–Trinajstić information content (AvgIpc) is 2.98. The molecule has 0 N–H and O–H groups in total. The zero-order valence-corrected chi connectivity index (χ0v) is 9.33. The van der Waals surface area contributed by atoms with Crippen molar-refractivity contribution >= 4 is 5.78 Å². The average molecular weight is 195 g/mol. The van der Waals surface area contributed by atoms with Gasteiger partial charge in [0.05, 0.1) is 6.54 Å². The maximum absolute atomic E-state index is 11.6. The number of carbonyl (C=O) groups excluding carboxylic acids is 1. The summed E-state index contributed by atoms with van der Waals surface area (Å²) in [6, 6.07) is 0.748. The lowest BCUT2D eigenvalue weighted by atomic mass is 10.1. The molecule has 0 atom stereocenters. The van der Waals surface area contributed by atoms with Gasteiger partial charge in [0.2, 0.25) is 0 Å². The Morgan fingerprint density at radius 1 is 1.29 bits per heavy atom. The molecule has 2 nitrogen and oxygen atoms in total. The number of carbonyl (C=O) groups is 1. The molecular weight excluding hydrogens is 174 g/mol. The number of ketones is 1. The molecule has 0 amide bonds. The van der Waals surface area contributed by atoms with E-state index in [1.807, 2.05) is 13.8 Å². The lowest BCUT2D eigenvalue weighted by Crippen LogP contribution is -2.35. The fourth-order valence-electron chi connectivity index (χ4n) is 1.80. The molecule has 2 aliphatic rings. The zero-order valence-electron chi connectivity index (χ0n) is 9.33. The van der Waals surface area contributed by atoms with Gasteiger partial charge in [-0.3, -0.25) is 9.69 Å². The Bertz CT molecular complexity index is 216. The summed E-state index contributed by atoms with van der Waals surface area (Å²) in [4.78, 5) is 14.1. The molecule has 2 fully saturated rings. The monoisotopic (exact) mass is 195 g/mol. The van der Waals surface area contributed by atoms with Crippen molar-refractivity contribution in [1.29, 1.82) is 0 Å². The van der Waals surface area contributed by atoms with E-state index in [2.05, 4.69) is 4.90 Å². The molecule has 0 spiro atoms. The minimum absolute atomic E-state index is 0.204. The van der Waals surface area contributed by atoms with Gasteiger partial charge in [0, 0.05) is 18.5 Å². The normalized spacial score (nSPS) is 22.0. The summed E-state index contributed by atoms with van der Waals surface area (Å²) in [6.07, 6.45) is 5.41. The highest BCUT2D eigenvalue weighted by Crippen LogP contribution is 2.34. The Hall–Kier alpha value is -0.370. The summed E-state index contributed by atoms with van der Waals surface area (Å²) in [6.45, 7) is 5.90. The first-order valence-corrected chi connectivity index (χ1v) is 5.93. The van der Waals surface area contributed by atoms with Crippen molar-refractivity contribution in [2.24, 2.45) is 11.8 Å². The van der Waals surface area contributed by atoms with Crippen LogP contribution in [0.2, 0.25) is 0 Å². The molecule has 0 aromatic rings. The summed E-state index contributed by atoms with van der Waals surface area (Å²) in [5, 5.41) is 0. The predicted octanol–water partition coefficient (Wildman–Crippen LogP) is 2.09. The van der Waals surface area contributed by atoms with Gasteiger partial charge in [-0.15, -0.1) is 0 Å². The fourth-order valence-corrected chi connectivity index (χ4v) is 1.80. The van der Waals surface area contributed by atoms with Crippen molar-refractivity contribution in [2.75, 3.05) is 13.1 Å². The van der Waals surface area contributed by atoms with Crippen LogP contribution in [-0.2, 0) is 4.79 Å². The molecule has 0 aromatic carbocycles. The number of Topliss-reactive ketones (excluding diaryl/α,β-unsaturated/α-hetero) is 1. The molecule has 2 heteroatoms. The van der Waals surface area contributed by atoms with Gasteiger partial charge in [0.25, 0.3) is 0 Å². The van der Waals surface area contributed by atoms with Crippen LogP contribution in [0.4, 0.5) is 0 Å². The molecule has 14 heavy (non-hydrogen) atoms. The molecule has 0 aliphatic heterocycles. The third-order valence-corrected chi connectivity index (χ3v) is 3.26. The van der Waals surface area contributed by atoms with Crippen LogP contribution in [0.5, 0.6) is 0 Å². The largest absolute Gasteiger partial charge is 0.298 e. The maximum atomic E-state index is 11.6. The van der Waals surface area contributed by atoms with Crippen molar-refractivity contribution in [1.82, 2.24) is 4.90 Å². The van der Waals surface area contributed by atoms with Gasteiger partial charge < -0.3 is 0 Å². The molecule has 2 saturated carbocycles. The van der Waals surface area contributed by atoms with Crippen LogP contribution in [0, 0.1) is 11.8 Å². The van der Waals surface area contributed by atoms with Crippen LogP contribution in [0.1, 0.15) is 39.5 Å². The van der Waals surface area contributed by atoms with Gasteiger partial charge in [-0.1, -0.05) is 13.8 Å². The second-order valence-electron chi connectivity index (χ2n) is 5.23. The number of nitrogens with zero attached hydrogens (tertiary/aromatic N) is 1. The summed E-state index contributed by atoms with van der Waals surface area (Å²) in [7, 11) is 0. The zero-order chi connectivity index (χ0) is 10.1. The van der Waals surface area contributed by atoms with E-state index < -0.39 is 0 Å². The molecule has 0 bridgehead atoms. The molecule has 80 valence electrons. The first kappa shape index (κ1) is 10.2. The minimum Gasteiger partial charge on any atom is -0.298 e. The Kier molecular flexibility index (Phi) is 2.91. The maximum Gasteiger partial charge on any atom is 0.149 e. The van der Waals surface area contributed by atoms with Gasteiger partial charge in [0.1, 0.15) is 5.78 Å². The molecule has 0 radical (unpaired) electrons. The number of hydrogen-bond acceptors (Lipinski definition) is 2. The van der Waals surface area contributed by atoms with Crippen LogP contribution < -0.4 is 0 Å². The SMILES string of the molecule is CC(C)C(=O)CN(CC1CC1)C1CC1. The smallest absolute Gasteiger partial charge is 0.149 e. The van der Waals surface area contributed by atoms with E-state index in [1.54, 1.807) is 0 Å². The van der Waals surface area contributed by atoms with Crippen LogP contribution in [0.15, 0.2) is 0 Å². The second-order valence-corrected chi connectivity index (χ2v) is 5.23. The number of rotatable bonds is 6. The second kappa shape index (κ2) is 4.01. The van der Waals surface area contributed by atoms with E-state index in [0.29, 0.717) is 12.3 Å². The highest BCUT2D eigenvalue weighted by molar-refractivity contribution is 5.82. The Morgan fingerprint density at radius 2 is 1.93 bits per heavy atom. The molecule has 2 aliphatic carbocycles. The standard InChI is InChI=1S/C12H21NO/c1-9(2)12(14)8-13(11-5-6-11)7-10-3-4-10/h9-11H,3-8H2,1-2H3. The van der Waals surface area contributed by atoms with Crippen molar-refractivity contribution in [2.45, 2.75) is 45.6 Å². The molecule has 2 rings (SSSR count). The van der Waals surface area contributed by atoms with Crippen LogP contribution in [-0.4, -0.2) is 29.8 Å². The van der Waals surface area contributed by atoms with Gasteiger partial charge >= 0.3 is 0 Å². The molecular formula is C12H21NO. The first-order chi connectivity index (χ1) is 6.66. The Balaban J connectivity index is 1.80. The lowest BCUT2D eigenvalue weighted by Gasteiger charge is -2.21. The fraction of sp³-hybridized carbons (Fsp3) is 0.917. The molecule has 0 heterocycles. The highest BCUT2D eigenvalue weighted by atomic mass is 16.1. The third kappa shape index (κ3) is 2.81. The summed E-state index contributed by atoms with van der Waals surface area (Å²) < 4.78 is 0. The minimum atomic E-state index is 0.204. The van der Waals surface area contributed by atoms with Crippen molar-refractivity contribution in [3.8, 4) is 0 Å². The van der Waals surface area contributed by atoms with Gasteiger partial charge in [-0.25, -0.2) is 0 Å². The first-order valence-electron chi connectivity index (χ1n) is 5.93. The van der Waals surface area contributed by atoms with Gasteiger partial charge in [-0.2, -0.15) is 0 Å². The highest BCUT2D eigenvalue weighted by Gasteiger charge is 2.34. The van der Waals surface area contributed by atoms with Crippen molar-refractivity contribution in [3.05, 3.63) is 0 Å². The predicted molar refractivity (Wildman–Crippen MR) is 57.2 cm³/mol. The lowest BCUT2D eigenvalue weighted by molar-refractivity contribution is -0.123. The molecule has 0 unspecified atom stereocenters. The van der Waals surface area contributed by atoms with Crippen molar-refractivity contribution in [3.63, 3.8) is 0 Å². The van der Waals surface area contributed by atoms with Crippen LogP contribution >= 0.6 is 0 Å². The van der Waals surface area contributed by atoms with Crippen molar-refractivity contribution < 1.29 is 4.79 Å². The topological polar surface area (TPSA) is 20.3 Å². The van der Waals surface area contributed by atoms with E-state index in [0.717, 1.165) is 12.0 Å². The van der Waals surface area contributed by atoms with E-state index in [4.69, 9.17) is 0 Å². The molecule has 0 aromatic heterocycles. The van der Waals surface area contributed by atoms with E-state index in [9.17, 15) is 4.79 Å². The Morgan fingerprint density at radius 3 is 2.36 bits per heavy atom. The number of hydrogen-bond donors (Lipinski definition) is 0.